The molecule has 0 radical (unpaired) electrons. The van der Waals surface area contributed by atoms with Crippen molar-refractivity contribution in [3.8, 4) is 0 Å². The van der Waals surface area contributed by atoms with Crippen molar-refractivity contribution in [1.82, 2.24) is 9.80 Å². The zero-order valence-electron chi connectivity index (χ0n) is 23.7. The normalized spacial score (nSPS) is 47.7. The Hall–Kier alpha value is 0.890. The lowest BCUT2D eigenvalue weighted by Gasteiger charge is -2.72. The fraction of sp³-hybridized carbons (Fsp3) is 1.00. The molecule has 0 amide bonds. The van der Waals surface area contributed by atoms with E-state index in [0.29, 0.717) is 34.1 Å². The highest BCUT2D eigenvalue weighted by Crippen LogP contribution is 2.66. The van der Waals surface area contributed by atoms with Crippen LogP contribution >= 0.6 is 35.3 Å². The molecule has 7 aliphatic rings. The molecule has 0 aliphatic carbocycles. The lowest BCUT2D eigenvalue weighted by atomic mass is 9.50. The highest BCUT2D eigenvalue weighted by atomic mass is 32.2. The second-order valence-electron chi connectivity index (χ2n) is 13.2. The van der Waals surface area contributed by atoms with E-state index in [1.54, 1.807) is 0 Å². The van der Waals surface area contributed by atoms with Gasteiger partial charge in [0.15, 0.2) is 0 Å². The van der Waals surface area contributed by atoms with Crippen LogP contribution in [0.5, 0.6) is 0 Å². The van der Waals surface area contributed by atoms with Gasteiger partial charge in [-0.15, -0.1) is 11.8 Å². The minimum absolute atomic E-state index is 0.0894. The highest BCUT2D eigenvalue weighted by molar-refractivity contribution is 8.00. The van der Waals surface area contributed by atoms with Crippen LogP contribution in [0.1, 0.15) is 96.3 Å². The van der Waals surface area contributed by atoms with Gasteiger partial charge in [0.05, 0.1) is 23.1 Å². The number of hydrogen-bond acceptors (Lipinski definition) is 7. The summed E-state index contributed by atoms with van der Waals surface area (Å²) in [5.74, 6) is 4.04. The Morgan fingerprint density at radius 3 is 1.92 bits per heavy atom. The molecule has 216 valence electrons. The van der Waals surface area contributed by atoms with E-state index < -0.39 is 0 Å². The molecule has 7 heterocycles. The number of likely N-dealkylation sites (tertiary alicyclic amines) is 2. The summed E-state index contributed by atoms with van der Waals surface area (Å²) in [4.78, 5) is 6.23. The molecule has 8 unspecified atom stereocenters. The lowest BCUT2D eigenvalue weighted by molar-refractivity contribution is -0.235. The zero-order chi connectivity index (χ0) is 25.4. The molecule has 0 aromatic rings. The van der Waals surface area contributed by atoms with Crippen LogP contribution in [0.25, 0.3) is 0 Å². The van der Waals surface area contributed by atoms with Gasteiger partial charge in [0.1, 0.15) is 0 Å². The molecule has 7 rings (SSSR count). The molecule has 7 fully saturated rings. The molecule has 0 N–H and O–H groups in total. The average Bonchev–Trinajstić information content (AvgIpc) is 3.80. The summed E-state index contributed by atoms with van der Waals surface area (Å²) < 4.78 is 14.3. The van der Waals surface area contributed by atoms with Crippen LogP contribution in [0.3, 0.4) is 0 Å². The molecule has 0 bridgehead atoms. The Kier molecular flexibility index (Phi) is 8.93. The summed E-state index contributed by atoms with van der Waals surface area (Å²) in [6.07, 6.45) is 21.1. The quantitative estimate of drug-likeness (QED) is 0.346. The van der Waals surface area contributed by atoms with Crippen LogP contribution in [0.15, 0.2) is 0 Å². The van der Waals surface area contributed by atoms with E-state index in [1.165, 1.54) is 133 Å². The molecule has 0 saturated carbocycles. The molecule has 0 aromatic carbocycles. The second kappa shape index (κ2) is 12.2. The summed E-state index contributed by atoms with van der Waals surface area (Å²) in [5, 5.41) is 2.06. The first-order valence-corrected chi connectivity index (χ1v) is 19.6. The smallest absolute Gasteiger partial charge is 0.0777 e. The van der Waals surface area contributed by atoms with E-state index in [2.05, 4.69) is 45.1 Å². The van der Waals surface area contributed by atoms with Crippen molar-refractivity contribution in [3.63, 3.8) is 0 Å². The van der Waals surface area contributed by atoms with Gasteiger partial charge in [0.2, 0.25) is 0 Å². The molecule has 4 nitrogen and oxygen atoms in total. The van der Waals surface area contributed by atoms with E-state index in [1.807, 2.05) is 0 Å². The number of nitrogens with zero attached hydrogens (tertiary/aromatic N) is 2. The fourth-order valence-corrected chi connectivity index (χ4v) is 15.2. The number of rotatable bonds is 6. The molecular formula is C31H52N2O2S3. The maximum absolute atomic E-state index is 7.19. The molecule has 0 spiro atoms. The Bertz CT molecular complexity index is 751. The van der Waals surface area contributed by atoms with Gasteiger partial charge in [-0.25, -0.2) is 0 Å². The Morgan fingerprint density at radius 1 is 0.553 bits per heavy atom. The van der Waals surface area contributed by atoms with Crippen LogP contribution in [0.2, 0.25) is 0 Å². The summed E-state index contributed by atoms with van der Waals surface area (Å²) in [5.41, 5.74) is 0.251. The molecule has 7 aliphatic heterocycles. The first kappa shape index (κ1) is 27.7. The Labute approximate surface area is 245 Å². The third kappa shape index (κ3) is 4.49. The van der Waals surface area contributed by atoms with Gasteiger partial charge in [0, 0.05) is 41.7 Å². The van der Waals surface area contributed by atoms with E-state index in [0.717, 1.165) is 13.2 Å². The van der Waals surface area contributed by atoms with Gasteiger partial charge < -0.3 is 9.47 Å². The van der Waals surface area contributed by atoms with Crippen LogP contribution < -0.4 is 0 Å². The Balaban J connectivity index is 1.47. The van der Waals surface area contributed by atoms with Gasteiger partial charge in [-0.2, -0.15) is 23.5 Å². The van der Waals surface area contributed by atoms with E-state index in [9.17, 15) is 0 Å². The van der Waals surface area contributed by atoms with E-state index in [-0.39, 0.29) is 11.0 Å². The monoisotopic (exact) mass is 580 g/mol. The third-order valence-electron chi connectivity index (χ3n) is 11.5. The van der Waals surface area contributed by atoms with Crippen LogP contribution in [0.4, 0.5) is 0 Å². The summed E-state index contributed by atoms with van der Waals surface area (Å²) >= 11 is 7.04. The van der Waals surface area contributed by atoms with Crippen molar-refractivity contribution >= 4 is 35.3 Å². The average molecular weight is 581 g/mol. The molecular weight excluding hydrogens is 529 g/mol. The van der Waals surface area contributed by atoms with Crippen LogP contribution in [0, 0.1) is 5.41 Å². The standard InChI is InChI=1S/C31H52N2O2S3/c1-5-19-35-26(10-1)31(28-13-9-23-37-28)30(25-11-7-20-34-25,27-12-8-22-36-27)24(32-16-3-4-17-32)15-18-33(31)29-14-2-6-21-38-29/h24-29H,1-23H2. The fourth-order valence-electron chi connectivity index (χ4n) is 10.3. The van der Waals surface area contributed by atoms with Crippen molar-refractivity contribution in [3.05, 3.63) is 0 Å². The summed E-state index contributed by atoms with van der Waals surface area (Å²) in [6, 6.07) is 0.653. The summed E-state index contributed by atoms with van der Waals surface area (Å²) in [6.45, 7) is 5.86. The molecule has 7 saturated heterocycles. The minimum Gasteiger partial charge on any atom is -0.377 e. The third-order valence-corrected chi connectivity index (χ3v) is 15.9. The summed E-state index contributed by atoms with van der Waals surface area (Å²) in [7, 11) is 0. The van der Waals surface area contributed by atoms with Crippen molar-refractivity contribution in [1.29, 1.82) is 0 Å². The van der Waals surface area contributed by atoms with Gasteiger partial charge in [-0.1, -0.05) is 6.42 Å². The molecule has 0 aromatic heterocycles. The maximum atomic E-state index is 7.19. The van der Waals surface area contributed by atoms with Gasteiger partial charge >= 0.3 is 0 Å². The highest BCUT2D eigenvalue weighted by Gasteiger charge is 2.75. The number of ether oxygens (including phenoxy) is 2. The van der Waals surface area contributed by atoms with Gasteiger partial charge in [0.25, 0.3) is 0 Å². The largest absolute Gasteiger partial charge is 0.377 e. The zero-order valence-corrected chi connectivity index (χ0v) is 26.1. The van der Waals surface area contributed by atoms with Crippen LogP contribution in [-0.2, 0) is 9.47 Å². The molecule has 7 heteroatoms. The number of thioether (sulfide) groups is 3. The van der Waals surface area contributed by atoms with Gasteiger partial charge in [-0.05, 0) is 120 Å². The second-order valence-corrected chi connectivity index (χ2v) is 17.1. The van der Waals surface area contributed by atoms with Crippen molar-refractivity contribution in [2.45, 2.75) is 136 Å². The molecule has 38 heavy (non-hydrogen) atoms. The minimum atomic E-state index is 0.0894. The van der Waals surface area contributed by atoms with Crippen LogP contribution in [-0.4, -0.2) is 99.6 Å². The lowest BCUT2D eigenvalue weighted by Crippen LogP contribution is -2.84. The number of piperidine rings is 1. The Morgan fingerprint density at radius 2 is 1.26 bits per heavy atom. The predicted molar refractivity (Wildman–Crippen MR) is 165 cm³/mol. The van der Waals surface area contributed by atoms with Gasteiger partial charge in [-0.3, -0.25) is 9.80 Å². The first-order valence-electron chi connectivity index (χ1n) is 16.5. The number of hydrogen-bond donors (Lipinski definition) is 0. The maximum Gasteiger partial charge on any atom is 0.0777 e. The van der Waals surface area contributed by atoms with Crippen molar-refractivity contribution < 1.29 is 9.47 Å². The van der Waals surface area contributed by atoms with E-state index in [4.69, 9.17) is 9.47 Å². The van der Waals surface area contributed by atoms with Crippen molar-refractivity contribution in [2.24, 2.45) is 5.41 Å². The molecule has 8 atom stereocenters. The van der Waals surface area contributed by atoms with E-state index >= 15 is 0 Å². The predicted octanol–water partition coefficient (Wildman–Crippen LogP) is 6.66. The van der Waals surface area contributed by atoms with Crippen molar-refractivity contribution in [2.75, 3.05) is 50.1 Å². The first-order chi connectivity index (χ1) is 18.9. The topological polar surface area (TPSA) is 24.9 Å². The SMILES string of the molecule is C1CCC(C2(C3CCCS3)N(C3CCCCS3)CCC(N3CCCC3)C2(C2CCCO2)C2CCCS2)OC1.